The number of benzene rings is 1. The molecule has 16 heavy (non-hydrogen) atoms. The molecule has 5 heteroatoms. The molecule has 0 radical (unpaired) electrons. The van der Waals surface area contributed by atoms with Crippen molar-refractivity contribution in [3.05, 3.63) is 46.1 Å². The summed E-state index contributed by atoms with van der Waals surface area (Å²) in [5.74, 6) is 2.42. The minimum absolute atomic E-state index is 0.0523. The molecular weight excluding hydrogens is 206 g/mol. The van der Waals surface area contributed by atoms with Crippen molar-refractivity contribution in [2.24, 2.45) is 0 Å². The molecule has 0 spiro atoms. The number of nitro benzene ring substituents is 1. The van der Waals surface area contributed by atoms with Crippen LogP contribution in [0.4, 0.5) is 5.69 Å². The number of nitro groups is 1. The molecule has 2 rings (SSSR count). The Bertz CT molecular complexity index is 564. The van der Waals surface area contributed by atoms with Crippen LogP contribution in [-0.2, 0) is 0 Å². The monoisotopic (exact) mass is 213 g/mol. The molecule has 0 atom stereocenters. The fourth-order valence-corrected chi connectivity index (χ4v) is 1.30. The lowest BCUT2D eigenvalue weighted by atomic mass is 10.1. The van der Waals surface area contributed by atoms with E-state index in [9.17, 15) is 10.1 Å². The first-order valence-corrected chi connectivity index (χ1v) is 4.47. The van der Waals surface area contributed by atoms with E-state index < -0.39 is 4.92 Å². The van der Waals surface area contributed by atoms with E-state index in [1.54, 1.807) is 18.2 Å². The van der Waals surface area contributed by atoms with Crippen LogP contribution < -0.4 is 0 Å². The summed E-state index contributed by atoms with van der Waals surface area (Å²) in [4.78, 5) is 10.0. The van der Waals surface area contributed by atoms with E-state index in [2.05, 4.69) is 16.1 Å². The number of aromatic nitrogens is 2. The van der Waals surface area contributed by atoms with Crippen LogP contribution in [-0.4, -0.2) is 15.1 Å². The Morgan fingerprint density at radius 3 is 2.56 bits per heavy atom. The smallest absolute Gasteiger partial charge is 0.269 e. The standard InChI is InChI=1S/C11H7N3O2/c1-2-9-7-11(13-12-9)8-3-5-10(6-4-8)14(15)16/h1,3-7H,(H,12,13). The minimum atomic E-state index is -0.443. The van der Waals surface area contributed by atoms with Crippen LogP contribution in [0.3, 0.4) is 0 Å². The molecule has 0 aliphatic carbocycles. The Labute approximate surface area is 91.3 Å². The number of rotatable bonds is 2. The van der Waals surface area contributed by atoms with Gasteiger partial charge in [-0.15, -0.1) is 6.42 Å². The maximum atomic E-state index is 10.5. The molecule has 0 bridgehead atoms. The number of H-pyrrole nitrogens is 1. The van der Waals surface area contributed by atoms with Crippen molar-refractivity contribution in [1.29, 1.82) is 0 Å². The third-order valence-corrected chi connectivity index (χ3v) is 2.11. The lowest BCUT2D eigenvalue weighted by Gasteiger charge is -1.94. The van der Waals surface area contributed by atoms with E-state index in [0.717, 1.165) is 5.56 Å². The first kappa shape index (κ1) is 9.93. The minimum Gasteiger partial charge on any atom is -0.269 e. The van der Waals surface area contributed by atoms with Gasteiger partial charge in [-0.1, -0.05) is 5.92 Å². The first-order chi connectivity index (χ1) is 7.70. The highest BCUT2D eigenvalue weighted by atomic mass is 16.6. The van der Waals surface area contributed by atoms with Gasteiger partial charge in [-0.2, -0.15) is 5.10 Å². The Balaban J connectivity index is 2.35. The van der Waals surface area contributed by atoms with Gasteiger partial charge in [0.2, 0.25) is 0 Å². The van der Waals surface area contributed by atoms with E-state index in [1.165, 1.54) is 12.1 Å². The van der Waals surface area contributed by atoms with Gasteiger partial charge in [-0.05, 0) is 18.2 Å². The third kappa shape index (κ3) is 1.77. The van der Waals surface area contributed by atoms with Gasteiger partial charge in [0.1, 0.15) is 5.69 Å². The van der Waals surface area contributed by atoms with Crippen LogP contribution in [0, 0.1) is 22.5 Å². The van der Waals surface area contributed by atoms with Crippen molar-refractivity contribution in [1.82, 2.24) is 10.2 Å². The van der Waals surface area contributed by atoms with Gasteiger partial charge in [0.05, 0.1) is 10.6 Å². The van der Waals surface area contributed by atoms with Gasteiger partial charge in [0.25, 0.3) is 5.69 Å². The van der Waals surface area contributed by atoms with Gasteiger partial charge in [-0.3, -0.25) is 15.2 Å². The van der Waals surface area contributed by atoms with E-state index in [0.29, 0.717) is 11.4 Å². The molecule has 2 aromatic rings. The lowest BCUT2D eigenvalue weighted by Crippen LogP contribution is -1.87. The lowest BCUT2D eigenvalue weighted by molar-refractivity contribution is -0.384. The molecular formula is C11H7N3O2. The molecule has 0 amide bonds. The van der Waals surface area contributed by atoms with Gasteiger partial charge in [0, 0.05) is 17.7 Å². The molecule has 1 N–H and O–H groups in total. The average Bonchev–Trinajstić information content (AvgIpc) is 2.77. The number of hydrogen-bond donors (Lipinski definition) is 1. The maximum Gasteiger partial charge on any atom is 0.269 e. The van der Waals surface area contributed by atoms with Crippen LogP contribution >= 0.6 is 0 Å². The summed E-state index contributed by atoms with van der Waals surface area (Å²) in [5, 5.41) is 17.1. The summed E-state index contributed by atoms with van der Waals surface area (Å²) in [6.07, 6.45) is 5.19. The summed E-state index contributed by atoms with van der Waals surface area (Å²) >= 11 is 0. The number of non-ortho nitro benzene ring substituents is 1. The Morgan fingerprint density at radius 2 is 2.06 bits per heavy atom. The fraction of sp³-hybridized carbons (Fsp3) is 0. The summed E-state index contributed by atoms with van der Waals surface area (Å²) in [6.45, 7) is 0. The number of nitrogens with zero attached hydrogens (tertiary/aromatic N) is 2. The van der Waals surface area contributed by atoms with E-state index >= 15 is 0 Å². The van der Waals surface area contributed by atoms with E-state index in [-0.39, 0.29) is 5.69 Å². The second-order valence-corrected chi connectivity index (χ2v) is 3.12. The summed E-state index contributed by atoms with van der Waals surface area (Å²) < 4.78 is 0. The number of aromatic amines is 1. The van der Waals surface area contributed by atoms with Crippen LogP contribution in [0.5, 0.6) is 0 Å². The molecule has 0 saturated heterocycles. The molecule has 1 aromatic heterocycles. The highest BCUT2D eigenvalue weighted by Gasteiger charge is 2.06. The molecule has 0 aliphatic heterocycles. The quantitative estimate of drug-likeness (QED) is 0.471. The molecule has 0 aliphatic rings. The molecule has 0 fully saturated rings. The SMILES string of the molecule is C#Cc1cc(-c2ccc([N+](=O)[O-])cc2)n[nH]1. The summed E-state index contributed by atoms with van der Waals surface area (Å²) in [7, 11) is 0. The van der Waals surface area contributed by atoms with Crippen molar-refractivity contribution in [2.75, 3.05) is 0 Å². The predicted octanol–water partition coefficient (Wildman–Crippen LogP) is 1.97. The summed E-state index contributed by atoms with van der Waals surface area (Å²) in [6, 6.07) is 7.84. The van der Waals surface area contributed by atoms with Gasteiger partial charge >= 0.3 is 0 Å². The van der Waals surface area contributed by atoms with Crippen molar-refractivity contribution >= 4 is 5.69 Å². The average molecular weight is 213 g/mol. The van der Waals surface area contributed by atoms with Crippen LogP contribution in [0.1, 0.15) is 5.69 Å². The van der Waals surface area contributed by atoms with Gasteiger partial charge in [0.15, 0.2) is 0 Å². The molecule has 78 valence electrons. The Hall–Kier alpha value is -2.61. The number of hydrogen-bond acceptors (Lipinski definition) is 3. The first-order valence-electron chi connectivity index (χ1n) is 4.47. The topological polar surface area (TPSA) is 71.8 Å². The van der Waals surface area contributed by atoms with E-state index in [1.807, 2.05) is 0 Å². The zero-order valence-electron chi connectivity index (χ0n) is 8.18. The molecule has 1 aromatic carbocycles. The Morgan fingerprint density at radius 1 is 1.38 bits per heavy atom. The van der Waals surface area contributed by atoms with Crippen molar-refractivity contribution in [2.45, 2.75) is 0 Å². The van der Waals surface area contributed by atoms with Crippen molar-refractivity contribution in [3.8, 4) is 23.6 Å². The zero-order chi connectivity index (χ0) is 11.5. The molecule has 5 nitrogen and oxygen atoms in total. The molecule has 0 saturated carbocycles. The van der Waals surface area contributed by atoms with Gasteiger partial charge in [-0.25, -0.2) is 0 Å². The highest BCUT2D eigenvalue weighted by molar-refractivity contribution is 5.61. The predicted molar refractivity (Wildman–Crippen MR) is 58.6 cm³/mol. The van der Waals surface area contributed by atoms with Gasteiger partial charge < -0.3 is 0 Å². The second-order valence-electron chi connectivity index (χ2n) is 3.12. The Kier molecular flexibility index (Phi) is 2.40. The largest absolute Gasteiger partial charge is 0.269 e. The normalized spacial score (nSPS) is 9.69. The third-order valence-electron chi connectivity index (χ3n) is 2.11. The molecule has 1 heterocycles. The highest BCUT2D eigenvalue weighted by Crippen LogP contribution is 2.20. The van der Waals surface area contributed by atoms with Crippen LogP contribution in [0.2, 0.25) is 0 Å². The van der Waals surface area contributed by atoms with Crippen LogP contribution in [0.25, 0.3) is 11.3 Å². The van der Waals surface area contributed by atoms with E-state index in [4.69, 9.17) is 6.42 Å². The van der Waals surface area contributed by atoms with Crippen molar-refractivity contribution < 1.29 is 4.92 Å². The van der Waals surface area contributed by atoms with Crippen LogP contribution in [0.15, 0.2) is 30.3 Å². The number of terminal acetylenes is 1. The maximum absolute atomic E-state index is 10.5. The van der Waals surface area contributed by atoms with Crippen molar-refractivity contribution in [3.63, 3.8) is 0 Å². The molecule has 0 unspecified atom stereocenters. The zero-order valence-corrected chi connectivity index (χ0v) is 8.18. The number of nitrogens with one attached hydrogen (secondary N) is 1. The fourth-order valence-electron chi connectivity index (χ4n) is 1.30. The second kappa shape index (κ2) is 3.87. The summed E-state index contributed by atoms with van der Waals surface area (Å²) in [5.41, 5.74) is 2.08.